The van der Waals surface area contributed by atoms with Crippen molar-refractivity contribution in [2.45, 2.75) is 31.3 Å². The molecule has 2 N–H and O–H groups in total. The molecular formula is C21H26Cl2N4O2. The number of imide groups is 1. The third kappa shape index (κ3) is 4.71. The van der Waals surface area contributed by atoms with E-state index in [4.69, 9.17) is 0 Å². The Bertz CT molecular complexity index is 816. The second-order valence-corrected chi connectivity index (χ2v) is 7.33. The minimum Gasteiger partial charge on any atom is -0.322 e. The van der Waals surface area contributed by atoms with E-state index in [1.54, 1.807) is 12.4 Å². The second-order valence-electron chi connectivity index (χ2n) is 7.33. The summed E-state index contributed by atoms with van der Waals surface area (Å²) in [6.07, 6.45) is 5.63. The van der Waals surface area contributed by atoms with Gasteiger partial charge in [0.2, 0.25) is 0 Å². The predicted octanol–water partition coefficient (Wildman–Crippen LogP) is 2.96. The molecule has 2 aliphatic rings. The van der Waals surface area contributed by atoms with Gasteiger partial charge in [0.25, 0.3) is 5.91 Å². The lowest BCUT2D eigenvalue weighted by atomic mass is 9.74. The van der Waals surface area contributed by atoms with Gasteiger partial charge in [-0.25, -0.2) is 4.79 Å². The van der Waals surface area contributed by atoms with E-state index in [1.807, 2.05) is 42.5 Å². The highest BCUT2D eigenvalue weighted by Gasteiger charge is 2.55. The summed E-state index contributed by atoms with van der Waals surface area (Å²) in [5.41, 5.74) is 1.10. The average molecular weight is 437 g/mol. The maximum atomic E-state index is 13.6. The van der Waals surface area contributed by atoms with Gasteiger partial charge < -0.3 is 10.6 Å². The van der Waals surface area contributed by atoms with Gasteiger partial charge in [-0.3, -0.25) is 14.7 Å². The summed E-state index contributed by atoms with van der Waals surface area (Å²) in [4.78, 5) is 31.7. The summed E-state index contributed by atoms with van der Waals surface area (Å²) in [5.74, 6) is 0.0120. The molecule has 1 atom stereocenters. The van der Waals surface area contributed by atoms with Gasteiger partial charge in [0.05, 0.1) is 6.54 Å². The smallest absolute Gasteiger partial charge is 0.322 e. The first-order valence-corrected chi connectivity index (χ1v) is 9.47. The van der Waals surface area contributed by atoms with Gasteiger partial charge in [-0.05, 0) is 55.1 Å². The van der Waals surface area contributed by atoms with Crippen molar-refractivity contribution < 1.29 is 9.59 Å². The van der Waals surface area contributed by atoms with Gasteiger partial charge >= 0.3 is 6.03 Å². The molecule has 0 bridgehead atoms. The molecule has 1 aromatic heterocycles. The summed E-state index contributed by atoms with van der Waals surface area (Å²) in [7, 11) is 0. The van der Waals surface area contributed by atoms with Crippen molar-refractivity contribution in [1.82, 2.24) is 20.5 Å². The molecule has 6 nitrogen and oxygen atoms in total. The van der Waals surface area contributed by atoms with Crippen molar-refractivity contribution in [2.75, 3.05) is 13.1 Å². The highest BCUT2D eigenvalue weighted by molar-refractivity contribution is 6.07. The van der Waals surface area contributed by atoms with Crippen molar-refractivity contribution in [1.29, 1.82) is 0 Å². The molecular weight excluding hydrogens is 411 g/mol. The molecule has 2 aromatic rings. The summed E-state index contributed by atoms with van der Waals surface area (Å²) >= 11 is 0. The zero-order valence-corrected chi connectivity index (χ0v) is 17.7. The molecule has 0 saturated carbocycles. The van der Waals surface area contributed by atoms with Crippen LogP contribution < -0.4 is 10.6 Å². The van der Waals surface area contributed by atoms with Gasteiger partial charge in [0, 0.05) is 18.8 Å². The molecule has 3 heterocycles. The maximum absolute atomic E-state index is 13.6. The fourth-order valence-electron chi connectivity index (χ4n) is 4.23. The number of urea groups is 1. The Morgan fingerprint density at radius 2 is 1.62 bits per heavy atom. The van der Waals surface area contributed by atoms with E-state index in [-0.39, 0.29) is 49.2 Å². The number of hydrogen-bond acceptors (Lipinski definition) is 4. The summed E-state index contributed by atoms with van der Waals surface area (Å²) in [6, 6.07) is 13.3. The molecule has 4 rings (SSSR count). The van der Waals surface area contributed by atoms with Crippen LogP contribution in [0.1, 0.15) is 24.0 Å². The molecule has 2 saturated heterocycles. The molecule has 1 unspecified atom stereocenters. The number of nitrogens with one attached hydrogen (secondary N) is 2. The number of piperidine rings is 1. The number of hydrogen-bond donors (Lipinski definition) is 2. The van der Waals surface area contributed by atoms with Crippen LogP contribution in [0.3, 0.4) is 0 Å². The van der Waals surface area contributed by atoms with Crippen LogP contribution in [0.25, 0.3) is 0 Å². The number of aromatic nitrogens is 1. The van der Waals surface area contributed by atoms with E-state index in [0.29, 0.717) is 6.42 Å². The standard InChI is InChI=1S/C21H24N4O2.2ClH/c26-19-21(18-8-12-23-13-9-18,14-16-4-2-1-3-5-16)24-20(27)25(19)15-17-6-10-22-11-7-17;;/h1-7,10-11,18,23H,8-9,12-15H2,(H,24,27);2*1H. The SMILES string of the molecule is Cl.Cl.O=C1NC(Cc2ccccc2)(C2CCNCC2)C(=O)N1Cc1ccncc1. The summed E-state index contributed by atoms with van der Waals surface area (Å²) in [6.45, 7) is 2.01. The summed E-state index contributed by atoms with van der Waals surface area (Å²) in [5, 5.41) is 6.45. The Morgan fingerprint density at radius 3 is 2.28 bits per heavy atom. The highest BCUT2D eigenvalue weighted by atomic mass is 35.5. The normalized spacial score (nSPS) is 21.9. The number of pyridine rings is 1. The Labute approximate surface area is 183 Å². The van der Waals surface area contributed by atoms with Crippen LogP contribution in [0.4, 0.5) is 4.79 Å². The van der Waals surface area contributed by atoms with Crippen molar-refractivity contribution in [2.24, 2.45) is 5.92 Å². The Kier molecular flexibility index (Phi) is 8.02. The molecule has 3 amide bonds. The zero-order valence-electron chi connectivity index (χ0n) is 16.0. The number of carbonyl (C=O) groups excluding carboxylic acids is 2. The van der Waals surface area contributed by atoms with E-state index in [0.717, 1.165) is 37.1 Å². The van der Waals surface area contributed by atoms with E-state index >= 15 is 0 Å². The van der Waals surface area contributed by atoms with Crippen molar-refractivity contribution in [3.05, 3.63) is 66.0 Å². The lowest BCUT2D eigenvalue weighted by Gasteiger charge is -2.38. The van der Waals surface area contributed by atoms with Crippen LogP contribution >= 0.6 is 24.8 Å². The third-order valence-electron chi connectivity index (χ3n) is 5.65. The number of halogens is 2. The number of amides is 3. The average Bonchev–Trinajstić information content (AvgIpc) is 2.95. The fraction of sp³-hybridized carbons (Fsp3) is 0.381. The first-order valence-electron chi connectivity index (χ1n) is 9.47. The van der Waals surface area contributed by atoms with E-state index < -0.39 is 5.54 Å². The molecule has 8 heteroatoms. The van der Waals surface area contributed by atoms with E-state index in [2.05, 4.69) is 15.6 Å². The number of benzene rings is 1. The van der Waals surface area contributed by atoms with Gasteiger partial charge in [-0.2, -0.15) is 0 Å². The van der Waals surface area contributed by atoms with E-state index in [9.17, 15) is 9.59 Å². The van der Waals surface area contributed by atoms with Gasteiger partial charge in [0.1, 0.15) is 5.54 Å². The molecule has 2 fully saturated rings. The topological polar surface area (TPSA) is 74.3 Å². The molecule has 156 valence electrons. The van der Waals surface area contributed by atoms with Crippen LogP contribution in [0.2, 0.25) is 0 Å². The van der Waals surface area contributed by atoms with Crippen LogP contribution in [-0.2, 0) is 17.8 Å². The number of carbonyl (C=O) groups is 2. The summed E-state index contributed by atoms with van der Waals surface area (Å²) < 4.78 is 0. The lowest BCUT2D eigenvalue weighted by Crippen LogP contribution is -2.57. The monoisotopic (exact) mass is 436 g/mol. The third-order valence-corrected chi connectivity index (χ3v) is 5.65. The minimum atomic E-state index is -0.867. The van der Waals surface area contributed by atoms with Gasteiger partial charge in [-0.15, -0.1) is 24.8 Å². The fourth-order valence-corrected chi connectivity index (χ4v) is 4.23. The molecule has 1 aromatic carbocycles. The van der Waals surface area contributed by atoms with Crippen molar-refractivity contribution in [3.63, 3.8) is 0 Å². The second kappa shape index (κ2) is 10.1. The van der Waals surface area contributed by atoms with Crippen LogP contribution in [-0.4, -0.2) is 40.5 Å². The highest BCUT2D eigenvalue weighted by Crippen LogP contribution is 2.35. The van der Waals surface area contributed by atoms with Crippen LogP contribution in [0.5, 0.6) is 0 Å². The Hall–Kier alpha value is -2.15. The van der Waals surface area contributed by atoms with Crippen LogP contribution in [0, 0.1) is 5.92 Å². The Balaban J connectivity index is 0.00000150. The van der Waals surface area contributed by atoms with Crippen molar-refractivity contribution in [3.8, 4) is 0 Å². The van der Waals surface area contributed by atoms with Gasteiger partial charge in [-0.1, -0.05) is 30.3 Å². The molecule has 0 aliphatic carbocycles. The molecule has 2 aliphatic heterocycles. The largest absolute Gasteiger partial charge is 0.325 e. The molecule has 0 spiro atoms. The number of rotatable bonds is 5. The van der Waals surface area contributed by atoms with Gasteiger partial charge in [0.15, 0.2) is 0 Å². The Morgan fingerprint density at radius 1 is 0.966 bits per heavy atom. The lowest BCUT2D eigenvalue weighted by molar-refractivity contribution is -0.134. The van der Waals surface area contributed by atoms with E-state index in [1.165, 1.54) is 4.90 Å². The number of nitrogens with zero attached hydrogens (tertiary/aromatic N) is 2. The predicted molar refractivity (Wildman–Crippen MR) is 116 cm³/mol. The molecule has 0 radical (unpaired) electrons. The molecule has 29 heavy (non-hydrogen) atoms. The quantitative estimate of drug-likeness (QED) is 0.706. The van der Waals surface area contributed by atoms with Crippen LogP contribution in [0.15, 0.2) is 54.9 Å². The van der Waals surface area contributed by atoms with Crippen molar-refractivity contribution >= 4 is 36.8 Å². The first-order chi connectivity index (χ1) is 13.2. The maximum Gasteiger partial charge on any atom is 0.325 e. The minimum absolute atomic E-state index is 0. The first kappa shape index (κ1) is 23.1. The zero-order chi connectivity index (χ0) is 18.7.